The van der Waals surface area contributed by atoms with E-state index in [9.17, 15) is 24.8 Å². The fourth-order valence-electron chi connectivity index (χ4n) is 3.50. The van der Waals surface area contributed by atoms with E-state index in [-0.39, 0.29) is 16.8 Å². The van der Waals surface area contributed by atoms with E-state index in [2.05, 4.69) is 9.97 Å². The molecule has 10 heteroatoms. The number of rotatable bonds is 6. The number of hydrogen-bond acceptors (Lipinski definition) is 7. The molecule has 34 heavy (non-hydrogen) atoms. The van der Waals surface area contributed by atoms with Crippen molar-refractivity contribution in [2.24, 2.45) is 5.73 Å². The number of aromatic carboxylic acids is 1. The van der Waals surface area contributed by atoms with Gasteiger partial charge in [0.05, 0.1) is 34.2 Å². The van der Waals surface area contributed by atoms with E-state index >= 15 is 0 Å². The Labute approximate surface area is 192 Å². The van der Waals surface area contributed by atoms with Crippen LogP contribution in [0.5, 0.6) is 5.75 Å². The van der Waals surface area contributed by atoms with Crippen LogP contribution >= 0.6 is 0 Å². The van der Waals surface area contributed by atoms with Gasteiger partial charge in [0.2, 0.25) is 0 Å². The first-order chi connectivity index (χ1) is 16.3. The molecule has 0 aliphatic heterocycles. The van der Waals surface area contributed by atoms with Crippen molar-refractivity contribution in [2.75, 3.05) is 7.11 Å². The zero-order valence-corrected chi connectivity index (χ0v) is 17.8. The third kappa shape index (κ3) is 4.19. The number of aromatic amines is 1. The van der Waals surface area contributed by atoms with Crippen molar-refractivity contribution in [1.29, 1.82) is 0 Å². The standard InChI is InChI=1S/C24H18N4O6/c1-34-17-8-5-13(6-9-17)14-7-10-18-19(12-14)26-21(23(29)27-18)20(25)22(28(32)33)15-3-2-4-16(11-15)24(30)31/h2-12H,25H2,1H3,(H,27,29)(H,30,31)/b22-20+. The highest BCUT2D eigenvalue weighted by Crippen LogP contribution is 2.26. The molecule has 3 aromatic carbocycles. The molecule has 0 aliphatic carbocycles. The smallest absolute Gasteiger partial charge is 0.335 e. The molecule has 4 rings (SSSR count). The van der Waals surface area contributed by atoms with Gasteiger partial charge in [-0.3, -0.25) is 14.9 Å². The first-order valence-electron chi connectivity index (χ1n) is 9.95. The van der Waals surface area contributed by atoms with Crippen LogP contribution in [-0.4, -0.2) is 33.1 Å². The molecule has 0 amide bonds. The summed E-state index contributed by atoms with van der Waals surface area (Å²) in [5.74, 6) is -0.553. The second-order valence-electron chi connectivity index (χ2n) is 7.28. The first kappa shape index (κ1) is 22.2. The molecule has 0 saturated carbocycles. The van der Waals surface area contributed by atoms with Gasteiger partial charge in [0.25, 0.3) is 5.56 Å². The minimum atomic E-state index is -1.25. The maximum atomic E-state index is 12.7. The highest BCUT2D eigenvalue weighted by molar-refractivity contribution is 5.91. The zero-order valence-electron chi connectivity index (χ0n) is 17.8. The van der Waals surface area contributed by atoms with E-state index in [1.165, 1.54) is 18.2 Å². The Balaban J connectivity index is 1.87. The lowest BCUT2D eigenvalue weighted by Crippen LogP contribution is -2.20. The van der Waals surface area contributed by atoms with E-state index in [4.69, 9.17) is 10.5 Å². The number of carbonyl (C=O) groups is 1. The molecular weight excluding hydrogens is 440 g/mol. The maximum absolute atomic E-state index is 12.7. The number of nitrogens with one attached hydrogen (secondary N) is 1. The number of benzene rings is 3. The molecular formula is C24H18N4O6. The predicted octanol–water partition coefficient (Wildman–Crippen LogP) is 3.36. The highest BCUT2D eigenvalue weighted by atomic mass is 16.6. The molecule has 1 heterocycles. The fourth-order valence-corrected chi connectivity index (χ4v) is 3.50. The van der Waals surface area contributed by atoms with Crippen LogP contribution in [0.25, 0.3) is 33.6 Å². The molecule has 170 valence electrons. The van der Waals surface area contributed by atoms with Crippen molar-refractivity contribution in [3.63, 3.8) is 0 Å². The normalized spacial score (nSPS) is 11.7. The summed E-state index contributed by atoms with van der Waals surface area (Å²) in [5, 5.41) is 21.0. The summed E-state index contributed by atoms with van der Waals surface area (Å²) in [5.41, 5.74) is 6.16. The van der Waals surface area contributed by atoms with Crippen LogP contribution in [-0.2, 0) is 0 Å². The maximum Gasteiger partial charge on any atom is 0.335 e. The number of fused-ring (bicyclic) bond motifs is 1. The highest BCUT2D eigenvalue weighted by Gasteiger charge is 2.24. The molecule has 0 fully saturated rings. The summed E-state index contributed by atoms with van der Waals surface area (Å²) in [7, 11) is 1.57. The van der Waals surface area contributed by atoms with Crippen molar-refractivity contribution in [3.8, 4) is 16.9 Å². The zero-order chi connectivity index (χ0) is 24.4. The molecule has 0 spiro atoms. The minimum absolute atomic E-state index is 0.0596. The Bertz CT molecular complexity index is 1520. The van der Waals surface area contributed by atoms with E-state index in [1.807, 2.05) is 12.1 Å². The van der Waals surface area contributed by atoms with Crippen molar-refractivity contribution in [2.45, 2.75) is 0 Å². The molecule has 0 bridgehead atoms. The van der Waals surface area contributed by atoms with Gasteiger partial charge in [0.15, 0.2) is 5.69 Å². The third-order valence-corrected chi connectivity index (χ3v) is 5.19. The number of hydrogen-bond donors (Lipinski definition) is 3. The van der Waals surface area contributed by atoms with E-state index in [1.54, 1.807) is 37.4 Å². The monoisotopic (exact) mass is 458 g/mol. The van der Waals surface area contributed by atoms with Gasteiger partial charge >= 0.3 is 11.7 Å². The lowest BCUT2D eigenvalue weighted by atomic mass is 10.0. The second kappa shape index (κ2) is 8.87. The van der Waals surface area contributed by atoms with Crippen LogP contribution < -0.4 is 16.0 Å². The van der Waals surface area contributed by atoms with Gasteiger partial charge < -0.3 is 20.6 Å². The fraction of sp³-hybridized carbons (Fsp3) is 0.0417. The Kier molecular flexibility index (Phi) is 5.79. The molecule has 0 aliphatic rings. The van der Waals surface area contributed by atoms with Gasteiger partial charge in [0.1, 0.15) is 11.4 Å². The summed E-state index contributed by atoms with van der Waals surface area (Å²) < 4.78 is 5.17. The molecule has 10 nitrogen and oxygen atoms in total. The van der Waals surface area contributed by atoms with Gasteiger partial charge in [-0.15, -0.1) is 0 Å². The SMILES string of the molecule is COc1ccc(-c2ccc3[nH]c(=O)c(/C(N)=C(/c4cccc(C(=O)O)c4)[N+](=O)[O-])nc3c2)cc1. The number of ether oxygens (including phenoxy) is 1. The summed E-state index contributed by atoms with van der Waals surface area (Å²) >= 11 is 0. The lowest BCUT2D eigenvalue weighted by Gasteiger charge is -2.08. The largest absolute Gasteiger partial charge is 0.497 e. The molecule has 0 radical (unpaired) electrons. The number of H-pyrrole nitrogens is 1. The molecule has 0 atom stereocenters. The van der Waals surface area contributed by atoms with Crippen molar-refractivity contribution in [1.82, 2.24) is 9.97 Å². The Morgan fingerprint density at radius 2 is 1.74 bits per heavy atom. The molecule has 1 aromatic heterocycles. The van der Waals surface area contributed by atoms with E-state index in [0.29, 0.717) is 16.8 Å². The Morgan fingerprint density at radius 3 is 2.38 bits per heavy atom. The first-order valence-corrected chi connectivity index (χ1v) is 9.95. The van der Waals surface area contributed by atoms with Crippen molar-refractivity contribution in [3.05, 3.63) is 104 Å². The van der Waals surface area contributed by atoms with Crippen LogP contribution in [0.3, 0.4) is 0 Å². The summed E-state index contributed by atoms with van der Waals surface area (Å²) in [4.78, 5) is 42.0. The summed E-state index contributed by atoms with van der Waals surface area (Å²) in [6.45, 7) is 0. The average Bonchev–Trinajstić information content (AvgIpc) is 2.83. The van der Waals surface area contributed by atoms with Crippen molar-refractivity contribution >= 4 is 28.4 Å². The van der Waals surface area contributed by atoms with Crippen LogP contribution in [0.1, 0.15) is 21.6 Å². The lowest BCUT2D eigenvalue weighted by molar-refractivity contribution is -0.374. The number of carboxylic acid groups (broad SMARTS) is 1. The number of methoxy groups -OCH3 is 1. The van der Waals surface area contributed by atoms with Gasteiger partial charge in [-0.05, 0) is 53.6 Å². The summed E-state index contributed by atoms with van der Waals surface area (Å²) in [6.07, 6.45) is 0. The Morgan fingerprint density at radius 1 is 1.06 bits per heavy atom. The number of nitro groups is 1. The number of nitrogens with two attached hydrogens (primary N) is 1. The molecule has 4 aromatic rings. The number of carboxylic acids is 1. The minimum Gasteiger partial charge on any atom is -0.497 e. The van der Waals surface area contributed by atoms with Gasteiger partial charge in [-0.1, -0.05) is 24.3 Å². The Hall–Kier alpha value is -4.99. The van der Waals surface area contributed by atoms with Crippen LogP contribution in [0.4, 0.5) is 0 Å². The van der Waals surface area contributed by atoms with Gasteiger partial charge in [-0.25, -0.2) is 9.78 Å². The van der Waals surface area contributed by atoms with E-state index < -0.39 is 27.8 Å². The predicted molar refractivity (Wildman–Crippen MR) is 126 cm³/mol. The van der Waals surface area contributed by atoms with Crippen molar-refractivity contribution < 1.29 is 19.6 Å². The number of nitrogens with zero attached hydrogens (tertiary/aromatic N) is 2. The molecule has 0 saturated heterocycles. The van der Waals surface area contributed by atoms with Crippen LogP contribution in [0.15, 0.2) is 71.5 Å². The van der Waals surface area contributed by atoms with Gasteiger partial charge in [-0.2, -0.15) is 0 Å². The van der Waals surface area contributed by atoms with Crippen LogP contribution in [0.2, 0.25) is 0 Å². The summed E-state index contributed by atoms with van der Waals surface area (Å²) in [6, 6.07) is 17.7. The topological polar surface area (TPSA) is 161 Å². The van der Waals surface area contributed by atoms with Gasteiger partial charge in [0, 0.05) is 0 Å². The quantitative estimate of drug-likeness (QED) is 0.293. The molecule has 0 unspecified atom stereocenters. The number of aromatic nitrogens is 2. The van der Waals surface area contributed by atoms with Crippen LogP contribution in [0, 0.1) is 10.1 Å². The molecule has 4 N–H and O–H groups in total. The second-order valence-corrected chi connectivity index (χ2v) is 7.28. The average molecular weight is 458 g/mol. The third-order valence-electron chi connectivity index (χ3n) is 5.19. The van der Waals surface area contributed by atoms with E-state index in [0.717, 1.165) is 17.2 Å².